The van der Waals surface area contributed by atoms with Crippen LogP contribution >= 0.6 is 0 Å². The predicted octanol–water partition coefficient (Wildman–Crippen LogP) is 2.82. The molecule has 0 radical (unpaired) electrons. The quantitative estimate of drug-likeness (QED) is 0.894. The Kier molecular flexibility index (Phi) is 4.08. The summed E-state index contributed by atoms with van der Waals surface area (Å²) in [5.41, 5.74) is 1.52. The zero-order valence-corrected chi connectivity index (χ0v) is 12.8. The van der Waals surface area contributed by atoms with E-state index in [0.717, 1.165) is 25.6 Å². The highest BCUT2D eigenvalue weighted by Crippen LogP contribution is 2.38. The SMILES string of the molecule is CCC1(CC)CN(Cc2ccccn2)C(C2CC2)CN1. The number of nitrogens with one attached hydrogen (secondary N) is 1. The fourth-order valence-corrected chi connectivity index (χ4v) is 3.55. The summed E-state index contributed by atoms with van der Waals surface area (Å²) in [4.78, 5) is 7.22. The van der Waals surface area contributed by atoms with E-state index in [1.54, 1.807) is 0 Å². The highest BCUT2D eigenvalue weighted by Gasteiger charge is 2.42. The molecule has 1 saturated carbocycles. The third kappa shape index (κ3) is 2.89. The molecule has 1 atom stereocenters. The van der Waals surface area contributed by atoms with Crippen molar-refractivity contribution in [3.63, 3.8) is 0 Å². The second kappa shape index (κ2) is 5.82. The third-order valence-electron chi connectivity index (χ3n) is 5.27. The predicted molar refractivity (Wildman–Crippen MR) is 82.5 cm³/mol. The number of hydrogen-bond acceptors (Lipinski definition) is 3. The van der Waals surface area contributed by atoms with Gasteiger partial charge in [-0.1, -0.05) is 19.9 Å². The van der Waals surface area contributed by atoms with E-state index in [-0.39, 0.29) is 0 Å². The zero-order chi connectivity index (χ0) is 14.0. The van der Waals surface area contributed by atoms with E-state index in [4.69, 9.17) is 0 Å². The fraction of sp³-hybridized carbons (Fsp3) is 0.706. The zero-order valence-electron chi connectivity index (χ0n) is 12.8. The smallest absolute Gasteiger partial charge is 0.0544 e. The van der Waals surface area contributed by atoms with Gasteiger partial charge in [0.15, 0.2) is 0 Å². The van der Waals surface area contributed by atoms with E-state index in [9.17, 15) is 0 Å². The molecule has 1 saturated heterocycles. The maximum Gasteiger partial charge on any atom is 0.0544 e. The maximum atomic E-state index is 4.52. The molecule has 0 spiro atoms. The molecule has 2 aliphatic rings. The van der Waals surface area contributed by atoms with Crippen molar-refractivity contribution in [1.29, 1.82) is 0 Å². The minimum atomic E-state index is 0.306. The number of pyridine rings is 1. The normalized spacial score (nSPS) is 26.6. The molecule has 2 fully saturated rings. The first kappa shape index (κ1) is 14.0. The van der Waals surface area contributed by atoms with Crippen molar-refractivity contribution in [2.24, 2.45) is 5.92 Å². The van der Waals surface area contributed by atoms with Gasteiger partial charge in [-0.3, -0.25) is 9.88 Å². The number of piperazine rings is 1. The molecule has 3 nitrogen and oxygen atoms in total. The van der Waals surface area contributed by atoms with Crippen LogP contribution in [-0.4, -0.2) is 34.6 Å². The first-order valence-corrected chi connectivity index (χ1v) is 8.15. The number of nitrogens with zero attached hydrogens (tertiary/aromatic N) is 2. The maximum absolute atomic E-state index is 4.52. The monoisotopic (exact) mass is 273 g/mol. The standard InChI is InChI=1S/C17H27N3/c1-3-17(4-2)13-20(12-15-7-5-6-10-18-15)16(11-19-17)14-8-9-14/h5-7,10,14,16,19H,3-4,8-9,11-13H2,1-2H3. The second-order valence-corrected chi connectivity index (χ2v) is 6.50. The summed E-state index contributed by atoms with van der Waals surface area (Å²) < 4.78 is 0. The largest absolute Gasteiger partial charge is 0.308 e. The molecule has 0 amide bonds. The Morgan fingerprint density at radius 3 is 2.70 bits per heavy atom. The van der Waals surface area contributed by atoms with Crippen LogP contribution in [0, 0.1) is 5.92 Å². The van der Waals surface area contributed by atoms with Gasteiger partial charge in [-0.15, -0.1) is 0 Å². The van der Waals surface area contributed by atoms with E-state index in [1.807, 2.05) is 12.3 Å². The summed E-state index contributed by atoms with van der Waals surface area (Å²) in [6.45, 7) is 7.95. The molecule has 1 aliphatic carbocycles. The van der Waals surface area contributed by atoms with E-state index in [1.165, 1.54) is 31.4 Å². The molecule has 1 aromatic heterocycles. The van der Waals surface area contributed by atoms with Gasteiger partial charge < -0.3 is 5.32 Å². The van der Waals surface area contributed by atoms with Gasteiger partial charge in [-0.05, 0) is 43.7 Å². The Bertz CT molecular complexity index is 423. The van der Waals surface area contributed by atoms with Crippen LogP contribution < -0.4 is 5.32 Å². The van der Waals surface area contributed by atoms with Gasteiger partial charge in [0.2, 0.25) is 0 Å². The van der Waals surface area contributed by atoms with Crippen molar-refractivity contribution in [2.75, 3.05) is 13.1 Å². The van der Waals surface area contributed by atoms with Crippen LogP contribution in [-0.2, 0) is 6.54 Å². The Hall–Kier alpha value is -0.930. The second-order valence-electron chi connectivity index (χ2n) is 6.50. The molecular weight excluding hydrogens is 246 g/mol. The van der Waals surface area contributed by atoms with Crippen LogP contribution in [0.2, 0.25) is 0 Å². The van der Waals surface area contributed by atoms with Crippen LogP contribution in [0.3, 0.4) is 0 Å². The van der Waals surface area contributed by atoms with Gasteiger partial charge in [-0.2, -0.15) is 0 Å². The van der Waals surface area contributed by atoms with E-state index >= 15 is 0 Å². The van der Waals surface area contributed by atoms with Gasteiger partial charge in [-0.25, -0.2) is 0 Å². The molecule has 20 heavy (non-hydrogen) atoms. The van der Waals surface area contributed by atoms with E-state index in [2.05, 4.69) is 41.2 Å². The molecule has 1 unspecified atom stereocenters. The Balaban J connectivity index is 1.75. The van der Waals surface area contributed by atoms with Gasteiger partial charge in [0.1, 0.15) is 0 Å². The topological polar surface area (TPSA) is 28.2 Å². The average Bonchev–Trinajstić information content (AvgIpc) is 3.33. The number of hydrogen-bond donors (Lipinski definition) is 1. The van der Waals surface area contributed by atoms with Crippen LogP contribution in [0.5, 0.6) is 0 Å². The Morgan fingerprint density at radius 1 is 1.30 bits per heavy atom. The average molecular weight is 273 g/mol. The molecular formula is C17H27N3. The summed E-state index contributed by atoms with van der Waals surface area (Å²) >= 11 is 0. The van der Waals surface area contributed by atoms with Crippen LogP contribution in [0.4, 0.5) is 0 Å². The van der Waals surface area contributed by atoms with E-state index < -0.39 is 0 Å². The van der Waals surface area contributed by atoms with Gasteiger partial charge in [0, 0.05) is 37.4 Å². The lowest BCUT2D eigenvalue weighted by Gasteiger charge is -2.47. The van der Waals surface area contributed by atoms with Gasteiger partial charge >= 0.3 is 0 Å². The summed E-state index contributed by atoms with van der Waals surface area (Å²) in [6.07, 6.45) is 7.16. The lowest BCUT2D eigenvalue weighted by molar-refractivity contribution is 0.0547. The van der Waals surface area contributed by atoms with E-state index in [0.29, 0.717) is 11.6 Å². The van der Waals surface area contributed by atoms with Crippen molar-refractivity contribution in [3.8, 4) is 0 Å². The fourth-order valence-electron chi connectivity index (χ4n) is 3.55. The van der Waals surface area contributed by atoms with Crippen molar-refractivity contribution >= 4 is 0 Å². The summed E-state index contributed by atoms with van der Waals surface area (Å²) in [5.74, 6) is 0.915. The third-order valence-corrected chi connectivity index (χ3v) is 5.27. The molecule has 1 aliphatic heterocycles. The lowest BCUT2D eigenvalue weighted by atomic mass is 9.87. The molecule has 3 heteroatoms. The molecule has 0 aromatic carbocycles. The molecule has 2 heterocycles. The molecule has 1 aromatic rings. The highest BCUT2D eigenvalue weighted by molar-refractivity contribution is 5.07. The molecule has 0 bridgehead atoms. The minimum absolute atomic E-state index is 0.306. The molecule has 1 N–H and O–H groups in total. The molecule has 3 rings (SSSR count). The number of aromatic nitrogens is 1. The van der Waals surface area contributed by atoms with Crippen LogP contribution in [0.15, 0.2) is 24.4 Å². The van der Waals surface area contributed by atoms with Gasteiger partial charge in [0.05, 0.1) is 5.69 Å². The van der Waals surface area contributed by atoms with Gasteiger partial charge in [0.25, 0.3) is 0 Å². The summed E-state index contributed by atoms with van der Waals surface area (Å²) in [7, 11) is 0. The summed E-state index contributed by atoms with van der Waals surface area (Å²) in [5, 5.41) is 3.86. The molecule has 110 valence electrons. The highest BCUT2D eigenvalue weighted by atomic mass is 15.3. The first-order valence-electron chi connectivity index (χ1n) is 8.15. The van der Waals surface area contributed by atoms with Crippen LogP contribution in [0.1, 0.15) is 45.2 Å². The first-order chi connectivity index (χ1) is 9.76. The van der Waals surface area contributed by atoms with Crippen molar-refractivity contribution in [1.82, 2.24) is 15.2 Å². The summed E-state index contributed by atoms with van der Waals surface area (Å²) in [6, 6.07) is 6.97. The van der Waals surface area contributed by atoms with Crippen molar-refractivity contribution in [2.45, 2.75) is 57.7 Å². The lowest BCUT2D eigenvalue weighted by Crippen LogP contribution is -2.64. The number of rotatable bonds is 5. The van der Waals surface area contributed by atoms with Crippen molar-refractivity contribution < 1.29 is 0 Å². The Morgan fingerprint density at radius 2 is 2.10 bits per heavy atom. The Labute approximate surface area is 122 Å². The van der Waals surface area contributed by atoms with Crippen LogP contribution in [0.25, 0.3) is 0 Å². The minimum Gasteiger partial charge on any atom is -0.308 e. The van der Waals surface area contributed by atoms with Crippen molar-refractivity contribution in [3.05, 3.63) is 30.1 Å².